The largest absolute Gasteiger partial charge is 0.352 e. The average molecular weight is 701 g/mol. The molecule has 0 aliphatic carbocycles. The van der Waals surface area contributed by atoms with Gasteiger partial charge in [0.2, 0.25) is 11.8 Å². The molecule has 0 spiro atoms. The lowest BCUT2D eigenvalue weighted by atomic mass is 10.0. The number of sulfonamides is 1. The second kappa shape index (κ2) is 15.4. The minimum atomic E-state index is -4.25. The number of benzene rings is 4. The summed E-state index contributed by atoms with van der Waals surface area (Å²) in [5, 5.41) is 3.95. The summed E-state index contributed by atoms with van der Waals surface area (Å²) >= 11 is 18.6. The molecule has 46 heavy (non-hydrogen) atoms. The Bertz CT molecular complexity index is 1800. The predicted octanol–water partition coefficient (Wildman–Crippen LogP) is 7.62. The minimum Gasteiger partial charge on any atom is -0.352 e. The first-order chi connectivity index (χ1) is 21.8. The molecule has 242 valence electrons. The molecule has 4 rings (SSSR count). The van der Waals surface area contributed by atoms with E-state index in [9.17, 15) is 18.0 Å². The third-order valence-electron chi connectivity index (χ3n) is 7.50. The molecule has 4 aromatic carbocycles. The van der Waals surface area contributed by atoms with Crippen molar-refractivity contribution < 1.29 is 18.0 Å². The molecule has 0 aliphatic heterocycles. The van der Waals surface area contributed by atoms with E-state index in [0.29, 0.717) is 26.3 Å². The Kier molecular flexibility index (Phi) is 11.8. The van der Waals surface area contributed by atoms with Crippen LogP contribution in [-0.4, -0.2) is 43.8 Å². The monoisotopic (exact) mass is 699 g/mol. The molecule has 0 bridgehead atoms. The molecule has 0 aromatic heterocycles. The fourth-order valence-electron chi connectivity index (χ4n) is 4.91. The molecule has 4 aromatic rings. The molecule has 7 nitrogen and oxygen atoms in total. The van der Waals surface area contributed by atoms with Crippen LogP contribution >= 0.6 is 34.8 Å². The Morgan fingerprint density at radius 1 is 0.783 bits per heavy atom. The Morgan fingerprint density at radius 3 is 2.07 bits per heavy atom. The third-order valence-corrected chi connectivity index (χ3v) is 10.3. The lowest BCUT2D eigenvalue weighted by Crippen LogP contribution is -2.54. The smallest absolute Gasteiger partial charge is 0.264 e. The number of amides is 2. The number of aryl methyl sites for hydroxylation is 2. The highest BCUT2D eigenvalue weighted by Crippen LogP contribution is 2.28. The Hall–Kier alpha value is -3.56. The van der Waals surface area contributed by atoms with E-state index in [1.54, 1.807) is 36.4 Å². The second-order valence-corrected chi connectivity index (χ2v) is 14.5. The van der Waals surface area contributed by atoms with Gasteiger partial charge in [0, 0.05) is 24.0 Å². The number of nitrogens with one attached hydrogen (secondary N) is 1. The van der Waals surface area contributed by atoms with Gasteiger partial charge in [-0.1, -0.05) is 77.3 Å². The van der Waals surface area contributed by atoms with E-state index in [1.807, 2.05) is 58.0 Å². The molecule has 0 heterocycles. The van der Waals surface area contributed by atoms with Crippen LogP contribution in [0.1, 0.15) is 36.1 Å². The van der Waals surface area contributed by atoms with Gasteiger partial charge in [0.05, 0.1) is 20.6 Å². The second-order valence-electron chi connectivity index (χ2n) is 11.4. The summed E-state index contributed by atoms with van der Waals surface area (Å²) in [5.41, 5.74) is 3.59. The van der Waals surface area contributed by atoms with Crippen molar-refractivity contribution in [1.82, 2.24) is 10.2 Å². The number of carbonyl (C=O) groups excluding carboxylic acids is 2. The van der Waals surface area contributed by atoms with Gasteiger partial charge in [0.1, 0.15) is 12.6 Å². The number of hydrogen-bond acceptors (Lipinski definition) is 4. The molecule has 0 saturated heterocycles. The lowest BCUT2D eigenvalue weighted by Gasteiger charge is -2.34. The van der Waals surface area contributed by atoms with Crippen LogP contribution in [0.2, 0.25) is 15.1 Å². The van der Waals surface area contributed by atoms with Gasteiger partial charge in [0.15, 0.2) is 0 Å². The van der Waals surface area contributed by atoms with Crippen molar-refractivity contribution in [2.45, 2.75) is 57.6 Å². The van der Waals surface area contributed by atoms with Crippen LogP contribution in [0.5, 0.6) is 0 Å². The molecular formula is C35H36Cl3N3O4S. The topological polar surface area (TPSA) is 86.8 Å². The standard InChI is InChI=1S/C35H36Cl3N3O4S/c1-23(2)39-35(43)33(20-26-8-6-5-7-9-26)40(21-27-11-17-31(37)32(38)19-27)34(42)22-41(29-14-10-24(3)25(4)18-29)46(44,45)30-15-12-28(36)13-16-30/h5-19,23,33H,20-22H2,1-4H3,(H,39,43). The number of carbonyl (C=O) groups is 2. The summed E-state index contributed by atoms with van der Waals surface area (Å²) in [4.78, 5) is 29.7. The Labute approximate surface area is 286 Å². The first kappa shape index (κ1) is 35.3. The maximum Gasteiger partial charge on any atom is 0.264 e. The maximum atomic E-state index is 14.5. The zero-order valence-corrected chi connectivity index (χ0v) is 29.1. The summed E-state index contributed by atoms with van der Waals surface area (Å²) < 4.78 is 29.4. The van der Waals surface area contributed by atoms with Gasteiger partial charge in [-0.3, -0.25) is 13.9 Å². The van der Waals surface area contributed by atoms with Crippen molar-refractivity contribution in [3.8, 4) is 0 Å². The number of anilines is 1. The van der Waals surface area contributed by atoms with E-state index >= 15 is 0 Å². The molecule has 1 N–H and O–H groups in total. The Morgan fingerprint density at radius 2 is 1.46 bits per heavy atom. The van der Waals surface area contributed by atoms with Gasteiger partial charge < -0.3 is 10.2 Å². The molecule has 0 fully saturated rings. The van der Waals surface area contributed by atoms with Crippen molar-refractivity contribution in [3.63, 3.8) is 0 Å². The van der Waals surface area contributed by atoms with Crippen molar-refractivity contribution in [2.75, 3.05) is 10.8 Å². The summed E-state index contributed by atoms with van der Waals surface area (Å²) in [5.74, 6) is -0.952. The van der Waals surface area contributed by atoms with Gasteiger partial charge >= 0.3 is 0 Å². The van der Waals surface area contributed by atoms with Crippen molar-refractivity contribution in [3.05, 3.63) is 128 Å². The number of rotatable bonds is 12. The summed E-state index contributed by atoms with van der Waals surface area (Å²) in [6.45, 7) is 6.86. The van der Waals surface area contributed by atoms with Crippen molar-refractivity contribution in [1.29, 1.82) is 0 Å². The molecule has 0 saturated carbocycles. The van der Waals surface area contributed by atoms with Crippen LogP contribution in [0.15, 0.2) is 95.9 Å². The third kappa shape index (κ3) is 8.82. The van der Waals surface area contributed by atoms with E-state index in [0.717, 1.165) is 21.0 Å². The van der Waals surface area contributed by atoms with E-state index in [-0.39, 0.29) is 29.8 Å². The lowest BCUT2D eigenvalue weighted by molar-refractivity contribution is -0.140. The van der Waals surface area contributed by atoms with Gasteiger partial charge in [-0.25, -0.2) is 8.42 Å². The predicted molar refractivity (Wildman–Crippen MR) is 186 cm³/mol. The molecule has 2 amide bonds. The highest BCUT2D eigenvalue weighted by atomic mass is 35.5. The quantitative estimate of drug-likeness (QED) is 0.165. The fourth-order valence-corrected chi connectivity index (χ4v) is 6.77. The minimum absolute atomic E-state index is 0.0273. The van der Waals surface area contributed by atoms with Gasteiger partial charge in [-0.15, -0.1) is 0 Å². The van der Waals surface area contributed by atoms with Crippen LogP contribution in [0.4, 0.5) is 5.69 Å². The zero-order valence-electron chi connectivity index (χ0n) is 26.0. The molecule has 0 aliphatic rings. The molecule has 11 heteroatoms. The van der Waals surface area contributed by atoms with Gasteiger partial charge in [-0.05, 0) is 98.5 Å². The fraction of sp³-hybridized carbons (Fsp3) is 0.257. The highest BCUT2D eigenvalue weighted by molar-refractivity contribution is 7.92. The number of hydrogen-bond donors (Lipinski definition) is 1. The Balaban J connectivity index is 1.84. The number of nitrogens with zero attached hydrogens (tertiary/aromatic N) is 2. The summed E-state index contributed by atoms with van der Waals surface area (Å²) in [6.07, 6.45) is 0.194. The van der Waals surface area contributed by atoms with Crippen LogP contribution in [-0.2, 0) is 32.6 Å². The maximum absolute atomic E-state index is 14.5. The van der Waals surface area contributed by atoms with Crippen LogP contribution < -0.4 is 9.62 Å². The summed E-state index contributed by atoms with van der Waals surface area (Å²) in [6, 6.07) is 24.1. The first-order valence-electron chi connectivity index (χ1n) is 14.7. The van der Waals surface area contributed by atoms with Crippen LogP contribution in [0.25, 0.3) is 0 Å². The van der Waals surface area contributed by atoms with E-state index in [4.69, 9.17) is 34.8 Å². The molecule has 1 atom stereocenters. The molecule has 0 radical (unpaired) electrons. The van der Waals surface area contributed by atoms with E-state index in [1.165, 1.54) is 29.2 Å². The van der Waals surface area contributed by atoms with Crippen molar-refractivity contribution in [2.24, 2.45) is 0 Å². The van der Waals surface area contributed by atoms with Crippen molar-refractivity contribution >= 4 is 62.3 Å². The van der Waals surface area contributed by atoms with Crippen LogP contribution in [0.3, 0.4) is 0 Å². The van der Waals surface area contributed by atoms with E-state index < -0.39 is 28.5 Å². The summed E-state index contributed by atoms with van der Waals surface area (Å²) in [7, 11) is -4.25. The molecule has 1 unspecified atom stereocenters. The average Bonchev–Trinajstić information content (AvgIpc) is 3.01. The zero-order chi connectivity index (χ0) is 33.6. The van der Waals surface area contributed by atoms with Gasteiger partial charge in [-0.2, -0.15) is 0 Å². The van der Waals surface area contributed by atoms with Crippen LogP contribution in [0, 0.1) is 13.8 Å². The normalized spacial score (nSPS) is 12.1. The van der Waals surface area contributed by atoms with Gasteiger partial charge in [0.25, 0.3) is 10.0 Å². The number of halogens is 3. The molecular weight excluding hydrogens is 665 g/mol. The highest BCUT2D eigenvalue weighted by Gasteiger charge is 2.35. The SMILES string of the molecule is Cc1ccc(N(CC(=O)N(Cc2ccc(Cl)c(Cl)c2)C(Cc2ccccc2)C(=O)NC(C)C)S(=O)(=O)c2ccc(Cl)cc2)cc1C. The first-order valence-corrected chi connectivity index (χ1v) is 17.3. The van der Waals surface area contributed by atoms with E-state index in [2.05, 4.69) is 5.32 Å².